The number of ether oxygens (including phenoxy) is 1. The van der Waals surface area contributed by atoms with E-state index in [1.54, 1.807) is 6.92 Å². The van der Waals surface area contributed by atoms with E-state index in [1.165, 1.54) is 31.4 Å². The molecule has 1 N–H and O–H groups in total. The molecule has 2 aliphatic heterocycles. The molecule has 2 saturated heterocycles. The van der Waals surface area contributed by atoms with Crippen LogP contribution >= 0.6 is 0 Å². The maximum absolute atomic E-state index is 11.6. The molecule has 0 aromatic carbocycles. The first-order chi connectivity index (χ1) is 10.00. The van der Waals surface area contributed by atoms with Crippen molar-refractivity contribution in [2.75, 3.05) is 13.2 Å². The molecule has 4 atom stereocenters. The van der Waals surface area contributed by atoms with Gasteiger partial charge < -0.3 is 14.3 Å². The second-order valence-corrected chi connectivity index (χ2v) is 11.0. The Labute approximate surface area is 129 Å². The molecule has 0 aliphatic carbocycles. The van der Waals surface area contributed by atoms with Crippen LogP contribution in [0.15, 0.2) is 0 Å². The van der Waals surface area contributed by atoms with Crippen molar-refractivity contribution >= 4 is 14.3 Å². The number of aliphatic hydroxyl groups excluding tert-OH is 1. The van der Waals surface area contributed by atoms with Crippen LogP contribution in [0.25, 0.3) is 0 Å². The van der Waals surface area contributed by atoms with E-state index in [0.29, 0.717) is 18.1 Å². The van der Waals surface area contributed by atoms with Crippen LogP contribution in [0, 0.1) is 11.8 Å². The van der Waals surface area contributed by atoms with Crippen molar-refractivity contribution in [1.82, 2.24) is 0 Å². The van der Waals surface area contributed by atoms with Crippen LogP contribution in [0.1, 0.15) is 46.5 Å². The number of rotatable bonds is 5. The van der Waals surface area contributed by atoms with Gasteiger partial charge in [0, 0.05) is 6.61 Å². The van der Waals surface area contributed by atoms with Crippen molar-refractivity contribution in [1.29, 1.82) is 0 Å². The van der Waals surface area contributed by atoms with Gasteiger partial charge >= 0.3 is 5.97 Å². The molecule has 0 radical (unpaired) electrons. The summed E-state index contributed by atoms with van der Waals surface area (Å²) in [5.74, 6) is 0.334. The Kier molecular flexibility index (Phi) is 5.86. The molecule has 2 heterocycles. The van der Waals surface area contributed by atoms with Gasteiger partial charge in [0.1, 0.15) is 0 Å². The van der Waals surface area contributed by atoms with Crippen molar-refractivity contribution in [3.05, 3.63) is 0 Å². The van der Waals surface area contributed by atoms with Gasteiger partial charge in [0.2, 0.25) is 0 Å². The van der Waals surface area contributed by atoms with E-state index in [4.69, 9.17) is 9.16 Å². The van der Waals surface area contributed by atoms with Crippen molar-refractivity contribution in [3.63, 3.8) is 0 Å². The van der Waals surface area contributed by atoms with Gasteiger partial charge in [0.15, 0.2) is 8.32 Å². The van der Waals surface area contributed by atoms with Crippen molar-refractivity contribution in [2.24, 2.45) is 11.8 Å². The molecule has 0 unspecified atom stereocenters. The molecule has 21 heavy (non-hydrogen) atoms. The molecule has 0 saturated carbocycles. The van der Waals surface area contributed by atoms with Gasteiger partial charge in [0.25, 0.3) is 0 Å². The molecule has 2 aliphatic rings. The third-order valence-corrected chi connectivity index (χ3v) is 10.9. The summed E-state index contributed by atoms with van der Waals surface area (Å²) in [5.41, 5.74) is 0.474. The lowest BCUT2D eigenvalue weighted by Gasteiger charge is -2.40. The Morgan fingerprint density at radius 3 is 2.67 bits per heavy atom. The number of carbonyl (C=O) groups is 1. The third kappa shape index (κ3) is 3.69. The van der Waals surface area contributed by atoms with E-state index in [-0.39, 0.29) is 18.3 Å². The molecule has 0 bridgehead atoms. The molecule has 122 valence electrons. The smallest absolute Gasteiger partial charge is 0.308 e. The lowest BCUT2D eigenvalue weighted by molar-refractivity contribution is -0.146. The Morgan fingerprint density at radius 1 is 1.38 bits per heavy atom. The summed E-state index contributed by atoms with van der Waals surface area (Å²) in [6.07, 6.45) is 3.37. The fourth-order valence-electron chi connectivity index (χ4n) is 4.46. The minimum Gasteiger partial charge on any atom is -0.466 e. The van der Waals surface area contributed by atoms with E-state index in [2.05, 4.69) is 13.8 Å². The summed E-state index contributed by atoms with van der Waals surface area (Å²) in [6, 6.07) is 2.47. The monoisotopic (exact) mass is 314 g/mol. The fourth-order valence-corrected chi connectivity index (χ4v) is 10.5. The van der Waals surface area contributed by atoms with Crippen LogP contribution in [0.4, 0.5) is 0 Å². The van der Waals surface area contributed by atoms with E-state index < -0.39 is 14.4 Å². The van der Waals surface area contributed by atoms with Gasteiger partial charge in [-0.25, -0.2) is 0 Å². The lowest BCUT2D eigenvalue weighted by atomic mass is 9.91. The SMILES string of the molecule is CCOC(=O)C[C@H](O)[C@H](C)[C@H]1[C@H](C)CO[Si]12CCCCC2. The van der Waals surface area contributed by atoms with Crippen molar-refractivity contribution in [2.45, 2.75) is 70.2 Å². The third-order valence-electron chi connectivity index (χ3n) is 5.41. The molecule has 2 rings (SSSR count). The van der Waals surface area contributed by atoms with E-state index in [0.717, 1.165) is 6.61 Å². The van der Waals surface area contributed by atoms with Crippen LogP contribution in [0.2, 0.25) is 17.6 Å². The Morgan fingerprint density at radius 2 is 2.05 bits per heavy atom. The zero-order chi connectivity index (χ0) is 15.5. The summed E-state index contributed by atoms with van der Waals surface area (Å²) in [5, 5.41) is 10.5. The maximum atomic E-state index is 11.6. The van der Waals surface area contributed by atoms with Crippen LogP contribution in [-0.2, 0) is 14.0 Å². The standard InChI is InChI=1S/C16H30O4Si/c1-4-19-15(18)10-14(17)13(3)16-12(2)11-20-21(16)8-6-5-7-9-21/h12-14,16-17H,4-11H2,1-3H3/t12-,13+,14+,16-/m1/s1. The summed E-state index contributed by atoms with van der Waals surface area (Å²) in [4.78, 5) is 11.6. The Bertz CT molecular complexity index is 349. The average Bonchev–Trinajstić information content (AvgIpc) is 2.75. The molecule has 0 aromatic heterocycles. The molecule has 4 nitrogen and oxygen atoms in total. The average molecular weight is 314 g/mol. The van der Waals surface area contributed by atoms with Gasteiger partial charge in [-0.2, -0.15) is 0 Å². The number of aliphatic hydroxyl groups is 1. The second-order valence-electron chi connectivity index (χ2n) is 6.88. The highest BCUT2D eigenvalue weighted by Crippen LogP contribution is 2.51. The molecule has 0 aromatic rings. The predicted molar refractivity (Wildman–Crippen MR) is 84.5 cm³/mol. The van der Waals surface area contributed by atoms with Gasteiger partial charge in [-0.3, -0.25) is 4.79 Å². The van der Waals surface area contributed by atoms with E-state index in [9.17, 15) is 9.90 Å². The second kappa shape index (κ2) is 7.25. The first-order valence-corrected chi connectivity index (χ1v) is 10.9. The lowest BCUT2D eigenvalue weighted by Crippen LogP contribution is -2.45. The Balaban J connectivity index is 2.04. The maximum Gasteiger partial charge on any atom is 0.308 e. The predicted octanol–water partition coefficient (Wildman–Crippen LogP) is 3.10. The first-order valence-electron chi connectivity index (χ1n) is 8.48. The molecule has 2 fully saturated rings. The van der Waals surface area contributed by atoms with Crippen LogP contribution in [-0.4, -0.2) is 38.7 Å². The van der Waals surface area contributed by atoms with Gasteiger partial charge in [-0.1, -0.05) is 33.1 Å². The van der Waals surface area contributed by atoms with Crippen LogP contribution < -0.4 is 0 Å². The normalized spacial score (nSPS) is 31.0. The zero-order valence-corrected chi connectivity index (χ0v) is 14.6. The van der Waals surface area contributed by atoms with Crippen LogP contribution in [0.3, 0.4) is 0 Å². The molecule has 1 spiro atoms. The zero-order valence-electron chi connectivity index (χ0n) is 13.6. The summed E-state index contributed by atoms with van der Waals surface area (Å²) in [6.45, 7) is 7.36. The minimum atomic E-state index is -1.72. The molecule has 0 amide bonds. The molecule has 5 heteroatoms. The van der Waals surface area contributed by atoms with E-state index in [1.807, 2.05) is 0 Å². The minimum absolute atomic E-state index is 0.114. The quantitative estimate of drug-likeness (QED) is 0.626. The van der Waals surface area contributed by atoms with Crippen molar-refractivity contribution in [3.8, 4) is 0 Å². The highest BCUT2D eigenvalue weighted by Gasteiger charge is 2.54. The highest BCUT2D eigenvalue weighted by atomic mass is 28.4. The van der Waals surface area contributed by atoms with Crippen molar-refractivity contribution < 1.29 is 19.1 Å². The molecular weight excluding hydrogens is 284 g/mol. The van der Waals surface area contributed by atoms with Gasteiger partial charge in [-0.05, 0) is 36.4 Å². The fraction of sp³-hybridized carbons (Fsp3) is 0.938. The first kappa shape index (κ1) is 17.0. The summed E-state index contributed by atoms with van der Waals surface area (Å²) in [7, 11) is -1.72. The van der Waals surface area contributed by atoms with Gasteiger partial charge in [0.05, 0.1) is 19.1 Å². The number of hydrogen-bond donors (Lipinski definition) is 1. The summed E-state index contributed by atoms with van der Waals surface area (Å²) >= 11 is 0. The molecular formula is C16H30O4Si. The van der Waals surface area contributed by atoms with E-state index >= 15 is 0 Å². The number of hydrogen-bond acceptors (Lipinski definition) is 4. The number of carbonyl (C=O) groups excluding carboxylic acids is 1. The number of esters is 1. The van der Waals surface area contributed by atoms with Gasteiger partial charge in [-0.15, -0.1) is 0 Å². The largest absolute Gasteiger partial charge is 0.466 e. The topological polar surface area (TPSA) is 55.8 Å². The highest BCUT2D eigenvalue weighted by molar-refractivity contribution is 6.76. The summed E-state index contributed by atoms with van der Waals surface area (Å²) < 4.78 is 11.3. The Hall–Kier alpha value is -0.393. The van der Waals surface area contributed by atoms with Crippen LogP contribution in [0.5, 0.6) is 0 Å².